The van der Waals surface area contributed by atoms with Crippen molar-refractivity contribution in [1.82, 2.24) is 59.7 Å². The van der Waals surface area contributed by atoms with Crippen molar-refractivity contribution in [2.24, 2.45) is 17.4 Å². The van der Waals surface area contributed by atoms with Gasteiger partial charge in [-0.15, -0.1) is 16.6 Å². The number of terminal acetylenes is 1. The van der Waals surface area contributed by atoms with Gasteiger partial charge in [0, 0.05) is 83.0 Å². The SMILES string of the molecule is C#CCOCCOCCOCCNc1nc(N2CCN(C(=O)[C@H](CCC(=O)O)n3cc(C(N)Cc4ccc(O)cc4)nn3)CC2)nc(N2CCN(C(=O)[C@H](Cc3cc4ccccc4[nH]3)n3cc(C(N)[C@H](C)CC)nn3)CC2)n1.[Cl-]. The van der Waals surface area contributed by atoms with Crippen LogP contribution < -0.4 is 39.0 Å². The molecule has 2 aliphatic heterocycles. The number of carboxylic acid groups (broad SMARTS) is 1. The second-order valence-electron chi connectivity index (χ2n) is 19.5. The van der Waals surface area contributed by atoms with Crippen molar-refractivity contribution in [2.45, 2.75) is 70.1 Å². The molecule has 0 aliphatic carbocycles. The van der Waals surface area contributed by atoms with Crippen LogP contribution >= 0.6 is 0 Å². The Morgan fingerprint density at radius 1 is 0.772 bits per heavy atom. The molecule has 26 heteroatoms. The molecule has 2 saturated heterocycles. The van der Waals surface area contributed by atoms with Crippen LogP contribution in [0.4, 0.5) is 17.8 Å². The molecule has 0 spiro atoms. The minimum Gasteiger partial charge on any atom is -1.00 e. The Morgan fingerprint density at radius 2 is 1.35 bits per heavy atom. The largest absolute Gasteiger partial charge is 1.00 e. The van der Waals surface area contributed by atoms with E-state index in [-0.39, 0.29) is 74.5 Å². The normalized spacial score (nSPS) is 15.7. The van der Waals surface area contributed by atoms with Crippen LogP contribution in [0.1, 0.15) is 79.9 Å². The third-order valence-electron chi connectivity index (χ3n) is 14.1. The van der Waals surface area contributed by atoms with E-state index in [1.807, 2.05) is 39.0 Å². The quantitative estimate of drug-likeness (QED) is 0.0267. The number of hydrogen-bond donors (Lipinski definition) is 6. The molecule has 2 fully saturated rings. The maximum absolute atomic E-state index is 14.7. The van der Waals surface area contributed by atoms with Gasteiger partial charge in [-0.2, -0.15) is 15.0 Å². The molecule has 8 N–H and O–H groups in total. The van der Waals surface area contributed by atoms with Gasteiger partial charge >= 0.3 is 5.97 Å². The molecule has 2 aromatic carbocycles. The smallest absolute Gasteiger partial charge is 0.303 e. The molecule has 2 unspecified atom stereocenters. The number of amides is 2. The van der Waals surface area contributed by atoms with Gasteiger partial charge < -0.3 is 78.2 Å². The predicted molar refractivity (Wildman–Crippen MR) is 289 cm³/mol. The molecule has 0 radical (unpaired) electrons. The van der Waals surface area contributed by atoms with Crippen molar-refractivity contribution in [3.63, 3.8) is 0 Å². The Bertz CT molecular complexity index is 2900. The molecule has 79 heavy (non-hydrogen) atoms. The number of phenolic OH excluding ortho intramolecular Hbond substituents is 1. The number of halogens is 1. The van der Waals surface area contributed by atoms with E-state index in [1.54, 1.807) is 46.2 Å². The number of aromatic nitrogens is 10. The van der Waals surface area contributed by atoms with Crippen molar-refractivity contribution < 1.29 is 51.2 Å². The van der Waals surface area contributed by atoms with Crippen molar-refractivity contribution in [1.29, 1.82) is 0 Å². The number of benzene rings is 2. The van der Waals surface area contributed by atoms with Crippen LogP contribution in [0.25, 0.3) is 10.9 Å². The lowest BCUT2D eigenvalue weighted by atomic mass is 9.98. The molecule has 424 valence electrons. The molecule has 8 rings (SSSR count). The van der Waals surface area contributed by atoms with Gasteiger partial charge in [-0.05, 0) is 54.0 Å². The first kappa shape index (κ1) is 59.2. The van der Waals surface area contributed by atoms with Crippen LogP contribution in [0.5, 0.6) is 5.75 Å². The fourth-order valence-corrected chi connectivity index (χ4v) is 9.32. The Kier molecular flexibility index (Phi) is 21.7. The first-order valence-corrected chi connectivity index (χ1v) is 26.5. The van der Waals surface area contributed by atoms with Crippen molar-refractivity contribution in [3.05, 3.63) is 89.6 Å². The summed E-state index contributed by atoms with van der Waals surface area (Å²) in [5, 5.41) is 41.1. The monoisotopic (exact) mass is 1110 g/mol. The average Bonchev–Trinajstić information content (AvgIpc) is 4.26. The fourth-order valence-electron chi connectivity index (χ4n) is 9.32. The number of fused-ring (bicyclic) bond motifs is 1. The number of aromatic hydroxyl groups is 1. The zero-order valence-corrected chi connectivity index (χ0v) is 45.4. The summed E-state index contributed by atoms with van der Waals surface area (Å²) in [5.41, 5.74) is 16.9. The molecule has 0 bridgehead atoms. The first-order valence-electron chi connectivity index (χ1n) is 26.5. The lowest BCUT2D eigenvalue weighted by Crippen LogP contribution is -3.00. The zero-order chi connectivity index (χ0) is 55.0. The Hall–Kier alpha value is -7.47. The van der Waals surface area contributed by atoms with Gasteiger partial charge in [0.25, 0.3) is 0 Å². The van der Waals surface area contributed by atoms with Gasteiger partial charge in [-0.25, -0.2) is 9.36 Å². The number of nitrogens with zero attached hydrogens (tertiary/aromatic N) is 13. The van der Waals surface area contributed by atoms with Crippen LogP contribution in [0.2, 0.25) is 0 Å². The van der Waals surface area contributed by atoms with Gasteiger partial charge in [0.15, 0.2) is 0 Å². The molecule has 6 heterocycles. The van der Waals surface area contributed by atoms with Crippen LogP contribution in [-0.2, 0) is 41.4 Å². The minimum atomic E-state index is -1.04. The van der Waals surface area contributed by atoms with E-state index in [9.17, 15) is 24.6 Å². The molecule has 6 aromatic rings. The highest BCUT2D eigenvalue weighted by Crippen LogP contribution is 2.27. The standard InChI is InChI=1S/C53H71N17O8.ClH/c1-4-25-76-27-29-78-30-28-77-26-16-56-51-58-52(67-21-17-65(18-22-67)49(74)45(14-15-47(72)73)69-34-43(61-63-69)41(54)31-37-10-12-40(71)13-11-37)60-53(59-51)68-23-19-66(20-24-68)50(75)46(33-39-32-38-8-6-7-9-42(38)57-39)70-35-44(62-64-70)48(55)36(3)5-2;/h1,6-13,32,34-36,41,45-46,48,57,71H,5,14-31,33,54-55H2,2-3H3,(H,72,73)(H,56,58,59,60);1H/p-1/t36-,41?,45+,46+,48?;/m1./s1. The van der Waals surface area contributed by atoms with E-state index in [4.69, 9.17) is 47.1 Å². The van der Waals surface area contributed by atoms with Crippen LogP contribution in [0, 0.1) is 18.3 Å². The number of carbonyl (C=O) groups is 3. The van der Waals surface area contributed by atoms with E-state index >= 15 is 0 Å². The summed E-state index contributed by atoms with van der Waals surface area (Å²) in [6.45, 7) is 9.59. The number of anilines is 3. The first-order chi connectivity index (χ1) is 37.9. The molecular formula is C53H71ClN17O8-. The van der Waals surface area contributed by atoms with Gasteiger partial charge in [0.05, 0.1) is 68.9 Å². The highest BCUT2D eigenvalue weighted by Gasteiger charge is 2.34. The summed E-state index contributed by atoms with van der Waals surface area (Å²) in [7, 11) is 0. The number of carboxylic acids is 1. The molecule has 4 aromatic heterocycles. The zero-order valence-electron chi connectivity index (χ0n) is 44.6. The predicted octanol–water partition coefficient (Wildman–Crippen LogP) is -0.484. The van der Waals surface area contributed by atoms with Crippen LogP contribution in [0.15, 0.2) is 67.0 Å². The second kappa shape index (κ2) is 28.9. The van der Waals surface area contributed by atoms with Gasteiger partial charge in [-0.1, -0.05) is 66.9 Å². The molecule has 25 nitrogen and oxygen atoms in total. The molecular weight excluding hydrogens is 1040 g/mol. The van der Waals surface area contributed by atoms with E-state index < -0.39 is 24.1 Å². The van der Waals surface area contributed by atoms with Crippen molar-refractivity contribution in [3.8, 4) is 18.1 Å². The number of piperazine rings is 2. The number of hydrogen-bond acceptors (Lipinski definition) is 19. The number of phenols is 1. The number of carbonyl (C=O) groups excluding carboxylic acids is 2. The summed E-state index contributed by atoms with van der Waals surface area (Å²) in [4.78, 5) is 66.4. The Balaban J connectivity index is 0.00000903. The third-order valence-corrected chi connectivity index (χ3v) is 14.1. The highest BCUT2D eigenvalue weighted by atomic mass is 35.5. The highest BCUT2D eigenvalue weighted by molar-refractivity contribution is 5.83. The number of ether oxygens (including phenoxy) is 3. The Labute approximate surface area is 464 Å². The van der Waals surface area contributed by atoms with E-state index in [1.165, 1.54) is 4.68 Å². The number of rotatable bonds is 28. The summed E-state index contributed by atoms with van der Waals surface area (Å²) in [6.07, 6.45) is 9.99. The van der Waals surface area contributed by atoms with Crippen molar-refractivity contribution in [2.75, 3.05) is 114 Å². The minimum absolute atomic E-state index is 0. The second-order valence-corrected chi connectivity index (χ2v) is 19.5. The molecule has 5 atom stereocenters. The number of nitrogens with one attached hydrogen (secondary N) is 2. The molecule has 0 saturated carbocycles. The fraction of sp³-hybridized carbons (Fsp3) is 0.509. The van der Waals surface area contributed by atoms with E-state index in [0.29, 0.717) is 121 Å². The van der Waals surface area contributed by atoms with Gasteiger partial charge in [0.1, 0.15) is 24.4 Å². The maximum atomic E-state index is 14.7. The van der Waals surface area contributed by atoms with E-state index in [2.05, 4.69) is 56.8 Å². The topological polar surface area (TPSA) is 312 Å². The summed E-state index contributed by atoms with van der Waals surface area (Å²) < 4.78 is 19.6. The summed E-state index contributed by atoms with van der Waals surface area (Å²) in [6, 6.07) is 14.2. The molecule has 2 aliphatic rings. The maximum Gasteiger partial charge on any atom is 0.303 e. The number of para-hydroxylation sites is 1. The number of aliphatic carboxylic acids is 1. The van der Waals surface area contributed by atoms with Crippen LogP contribution in [0.3, 0.4) is 0 Å². The number of aromatic amines is 1. The number of nitrogens with two attached hydrogens (primary N) is 2. The van der Waals surface area contributed by atoms with E-state index in [0.717, 1.165) is 28.6 Å². The molecule has 2 amide bonds. The lowest BCUT2D eigenvalue weighted by molar-refractivity contribution is -0.139. The third kappa shape index (κ3) is 16.1. The lowest BCUT2D eigenvalue weighted by Gasteiger charge is -2.38. The van der Waals surface area contributed by atoms with Crippen molar-refractivity contribution >= 4 is 46.5 Å². The Morgan fingerprint density at radius 3 is 1.97 bits per heavy atom. The van der Waals surface area contributed by atoms with Gasteiger partial charge in [-0.3, -0.25) is 14.4 Å². The summed E-state index contributed by atoms with van der Waals surface area (Å²) in [5.74, 6) is 2.44. The average molecular weight is 1110 g/mol. The summed E-state index contributed by atoms with van der Waals surface area (Å²) >= 11 is 0. The number of H-pyrrole nitrogens is 1. The van der Waals surface area contributed by atoms with Crippen LogP contribution in [-0.4, -0.2) is 186 Å². The van der Waals surface area contributed by atoms with Gasteiger partial charge in [0.2, 0.25) is 29.7 Å².